The Morgan fingerprint density at radius 1 is 1.35 bits per heavy atom. The van der Waals surface area contributed by atoms with E-state index in [0.29, 0.717) is 16.4 Å². The van der Waals surface area contributed by atoms with Crippen LogP contribution in [0.25, 0.3) is 5.78 Å². The number of hydrogen-bond donors (Lipinski definition) is 0. The molecule has 2 aromatic rings. The zero-order valence-electron chi connectivity index (χ0n) is 9.56. The lowest BCUT2D eigenvalue weighted by atomic mass is 9.96. The Morgan fingerprint density at radius 2 is 2.12 bits per heavy atom. The quantitative estimate of drug-likeness (QED) is 0.809. The van der Waals surface area contributed by atoms with Crippen LogP contribution in [0.1, 0.15) is 30.1 Å². The molecule has 3 heterocycles. The molecule has 0 spiro atoms. The highest BCUT2D eigenvalue weighted by Crippen LogP contribution is 2.27. The average Bonchev–Trinajstić information content (AvgIpc) is 2.69. The van der Waals surface area contributed by atoms with Crippen LogP contribution in [0.2, 0.25) is 0 Å². The third-order valence-electron chi connectivity index (χ3n) is 3.08. The molecule has 2 aromatic heterocycles. The van der Waals surface area contributed by atoms with E-state index >= 15 is 0 Å². The number of rotatable bonds is 1. The summed E-state index contributed by atoms with van der Waals surface area (Å²) in [6.07, 6.45) is 2.08. The van der Waals surface area contributed by atoms with Crippen molar-refractivity contribution in [1.29, 1.82) is 0 Å². The Bertz CT molecular complexity index is 548. The molecule has 0 atom stereocenters. The Hall–Kier alpha value is -1.01. The summed E-state index contributed by atoms with van der Waals surface area (Å²) in [5, 5.41) is 4.35. The molecule has 90 valence electrons. The first-order valence-electron chi connectivity index (χ1n) is 5.71. The lowest BCUT2D eigenvalue weighted by Crippen LogP contribution is -2.17. The van der Waals surface area contributed by atoms with Crippen molar-refractivity contribution < 1.29 is 4.74 Å². The van der Waals surface area contributed by atoms with Crippen LogP contribution >= 0.6 is 15.9 Å². The maximum absolute atomic E-state index is 5.40. The molecule has 0 bridgehead atoms. The first-order chi connectivity index (χ1) is 8.24. The van der Waals surface area contributed by atoms with Gasteiger partial charge in [-0.3, -0.25) is 0 Å². The second kappa shape index (κ2) is 4.34. The van der Waals surface area contributed by atoms with Crippen LogP contribution in [0.15, 0.2) is 10.8 Å². The molecule has 0 aromatic carbocycles. The molecule has 6 heteroatoms. The Kier molecular flexibility index (Phi) is 2.84. The van der Waals surface area contributed by atoms with Crippen molar-refractivity contribution in [3.63, 3.8) is 0 Å². The maximum Gasteiger partial charge on any atom is 0.253 e. The molecule has 17 heavy (non-hydrogen) atoms. The van der Waals surface area contributed by atoms with Crippen molar-refractivity contribution in [3.8, 4) is 0 Å². The van der Waals surface area contributed by atoms with Crippen LogP contribution in [0.4, 0.5) is 0 Å². The second-order valence-electron chi connectivity index (χ2n) is 4.30. The number of hydrogen-bond acceptors (Lipinski definition) is 4. The van der Waals surface area contributed by atoms with Gasteiger partial charge in [0.05, 0.1) is 5.69 Å². The first kappa shape index (κ1) is 11.1. The van der Waals surface area contributed by atoms with E-state index in [9.17, 15) is 0 Å². The van der Waals surface area contributed by atoms with E-state index in [1.165, 1.54) is 5.69 Å². The fraction of sp³-hybridized carbons (Fsp3) is 0.545. The zero-order chi connectivity index (χ0) is 11.8. The van der Waals surface area contributed by atoms with Gasteiger partial charge in [-0.2, -0.15) is 9.50 Å². The van der Waals surface area contributed by atoms with E-state index in [0.717, 1.165) is 31.7 Å². The number of nitrogens with zero attached hydrogens (tertiary/aromatic N) is 4. The summed E-state index contributed by atoms with van der Waals surface area (Å²) in [5.74, 6) is 1.15. The van der Waals surface area contributed by atoms with Crippen molar-refractivity contribution in [2.75, 3.05) is 13.2 Å². The van der Waals surface area contributed by atoms with Gasteiger partial charge in [0.15, 0.2) is 0 Å². The van der Waals surface area contributed by atoms with E-state index < -0.39 is 0 Å². The molecule has 0 radical (unpaired) electrons. The van der Waals surface area contributed by atoms with Gasteiger partial charge in [-0.05, 0) is 41.8 Å². The summed E-state index contributed by atoms with van der Waals surface area (Å²) in [4.78, 5) is 8.64. The zero-order valence-corrected chi connectivity index (χ0v) is 11.1. The minimum absolute atomic E-state index is 0.488. The molecular formula is C11H13BrN4O. The lowest BCUT2D eigenvalue weighted by Gasteiger charge is -2.22. The van der Waals surface area contributed by atoms with E-state index in [-0.39, 0.29) is 0 Å². The van der Waals surface area contributed by atoms with Crippen molar-refractivity contribution in [3.05, 3.63) is 22.2 Å². The maximum atomic E-state index is 5.40. The van der Waals surface area contributed by atoms with E-state index in [4.69, 9.17) is 4.74 Å². The standard InChI is InChI=1S/C11H13BrN4O/c1-7-6-9(8-2-4-17-5-3-8)16-11(13-7)14-10(12)15-16/h6,8H,2-5H2,1H3. The summed E-state index contributed by atoms with van der Waals surface area (Å²) in [7, 11) is 0. The van der Waals surface area contributed by atoms with E-state index in [1.54, 1.807) is 0 Å². The molecule has 3 rings (SSSR count). The van der Waals surface area contributed by atoms with Gasteiger partial charge in [0.2, 0.25) is 4.73 Å². The summed E-state index contributed by atoms with van der Waals surface area (Å²) in [5.41, 5.74) is 2.17. The van der Waals surface area contributed by atoms with Crippen LogP contribution in [-0.2, 0) is 4.74 Å². The van der Waals surface area contributed by atoms with Gasteiger partial charge < -0.3 is 4.74 Å². The van der Waals surface area contributed by atoms with E-state index in [2.05, 4.69) is 37.1 Å². The van der Waals surface area contributed by atoms with Gasteiger partial charge >= 0.3 is 0 Å². The molecule has 0 unspecified atom stereocenters. The number of fused-ring (bicyclic) bond motifs is 1. The predicted molar refractivity (Wildman–Crippen MR) is 66.0 cm³/mol. The highest BCUT2D eigenvalue weighted by molar-refractivity contribution is 9.10. The van der Waals surface area contributed by atoms with Gasteiger partial charge in [0, 0.05) is 24.8 Å². The monoisotopic (exact) mass is 296 g/mol. The third kappa shape index (κ3) is 2.07. The minimum atomic E-state index is 0.488. The largest absolute Gasteiger partial charge is 0.381 e. The SMILES string of the molecule is Cc1cc(C2CCOCC2)n2nc(Br)nc2n1. The molecular weight excluding hydrogens is 284 g/mol. The Balaban J connectivity index is 2.12. The van der Waals surface area contributed by atoms with Crippen LogP contribution in [0.3, 0.4) is 0 Å². The molecule has 0 saturated carbocycles. The Morgan fingerprint density at radius 3 is 2.88 bits per heavy atom. The first-order valence-corrected chi connectivity index (χ1v) is 6.51. The molecule has 0 N–H and O–H groups in total. The molecule has 0 amide bonds. The highest BCUT2D eigenvalue weighted by Gasteiger charge is 2.20. The molecule has 1 aliphatic rings. The fourth-order valence-electron chi connectivity index (χ4n) is 2.27. The topological polar surface area (TPSA) is 52.3 Å². The molecule has 1 aliphatic heterocycles. The Labute approximate surface area is 107 Å². The predicted octanol–water partition coefficient (Wildman–Crippen LogP) is 2.09. The summed E-state index contributed by atoms with van der Waals surface area (Å²) >= 11 is 3.30. The molecule has 1 saturated heterocycles. The minimum Gasteiger partial charge on any atom is -0.381 e. The lowest BCUT2D eigenvalue weighted by molar-refractivity contribution is 0.0840. The van der Waals surface area contributed by atoms with Crippen molar-refractivity contribution in [2.45, 2.75) is 25.7 Å². The van der Waals surface area contributed by atoms with Gasteiger partial charge in [-0.1, -0.05) is 0 Å². The van der Waals surface area contributed by atoms with Crippen LogP contribution in [0, 0.1) is 6.92 Å². The molecule has 5 nitrogen and oxygen atoms in total. The normalized spacial score (nSPS) is 17.8. The molecule has 0 aliphatic carbocycles. The fourth-order valence-corrected chi connectivity index (χ4v) is 2.59. The highest BCUT2D eigenvalue weighted by atomic mass is 79.9. The smallest absolute Gasteiger partial charge is 0.253 e. The van der Waals surface area contributed by atoms with Gasteiger partial charge in [-0.15, -0.1) is 5.10 Å². The average molecular weight is 297 g/mol. The van der Waals surface area contributed by atoms with Crippen LogP contribution < -0.4 is 0 Å². The summed E-state index contributed by atoms with van der Waals surface area (Å²) in [6.45, 7) is 3.64. The third-order valence-corrected chi connectivity index (χ3v) is 3.42. The number of ether oxygens (including phenoxy) is 1. The number of aromatic nitrogens is 4. The number of halogens is 1. The summed E-state index contributed by atoms with van der Waals surface area (Å²) in [6, 6.07) is 2.10. The van der Waals surface area contributed by atoms with E-state index in [1.807, 2.05) is 11.4 Å². The number of aryl methyl sites for hydroxylation is 1. The van der Waals surface area contributed by atoms with Gasteiger partial charge in [0.1, 0.15) is 0 Å². The van der Waals surface area contributed by atoms with Crippen molar-refractivity contribution in [1.82, 2.24) is 19.6 Å². The second-order valence-corrected chi connectivity index (χ2v) is 5.01. The van der Waals surface area contributed by atoms with Gasteiger partial charge in [0.25, 0.3) is 5.78 Å². The van der Waals surface area contributed by atoms with Crippen molar-refractivity contribution in [2.24, 2.45) is 0 Å². The van der Waals surface area contributed by atoms with Gasteiger partial charge in [-0.25, -0.2) is 4.98 Å². The molecule has 1 fully saturated rings. The van der Waals surface area contributed by atoms with Crippen LogP contribution in [0.5, 0.6) is 0 Å². The van der Waals surface area contributed by atoms with Crippen molar-refractivity contribution >= 4 is 21.7 Å². The summed E-state index contributed by atoms with van der Waals surface area (Å²) < 4.78 is 7.83. The van der Waals surface area contributed by atoms with Crippen LogP contribution in [-0.4, -0.2) is 32.8 Å².